The number of aromatic nitrogens is 1. The zero-order valence-electron chi connectivity index (χ0n) is 29.6. The fourth-order valence-electron chi connectivity index (χ4n) is 5.69. The number of hydrogen-bond donors (Lipinski definition) is 2. The minimum absolute atomic E-state index is 0.0123. The van der Waals surface area contributed by atoms with Crippen LogP contribution in [0.25, 0.3) is 33.0 Å². The summed E-state index contributed by atoms with van der Waals surface area (Å²) >= 11 is 0. The first-order valence-electron chi connectivity index (χ1n) is 16.3. The summed E-state index contributed by atoms with van der Waals surface area (Å²) in [4.78, 5) is 33.7. The number of anilines is 3. The van der Waals surface area contributed by atoms with Crippen molar-refractivity contribution in [2.45, 2.75) is 20.0 Å². The number of fused-ring (bicyclic) bond motifs is 2. The van der Waals surface area contributed by atoms with Gasteiger partial charge in [0.05, 0.1) is 50.9 Å². The first kappa shape index (κ1) is 35.9. The van der Waals surface area contributed by atoms with Crippen LogP contribution in [0.4, 0.5) is 17.1 Å². The van der Waals surface area contributed by atoms with Gasteiger partial charge in [-0.25, -0.2) is 9.90 Å². The summed E-state index contributed by atoms with van der Waals surface area (Å²) < 4.78 is 33.0. The molecule has 0 spiro atoms. The van der Waals surface area contributed by atoms with Gasteiger partial charge in [-0.1, -0.05) is 31.1 Å². The molecule has 16 heteroatoms. The minimum atomic E-state index is -0.833. The zero-order valence-corrected chi connectivity index (χ0v) is 29.6. The van der Waals surface area contributed by atoms with E-state index in [1.807, 2.05) is 38.1 Å². The highest BCUT2D eigenvalue weighted by Crippen LogP contribution is 2.50. The Kier molecular flexibility index (Phi) is 10.5. The largest absolute Gasteiger partial charge is 0.497 e. The van der Waals surface area contributed by atoms with Gasteiger partial charge in [-0.15, -0.1) is 0 Å². The van der Waals surface area contributed by atoms with Crippen LogP contribution in [0.3, 0.4) is 0 Å². The summed E-state index contributed by atoms with van der Waals surface area (Å²) in [5.74, 6) is 1.18. The molecule has 0 saturated heterocycles. The highest BCUT2D eigenvalue weighted by molar-refractivity contribution is 6.02. The van der Waals surface area contributed by atoms with Crippen LogP contribution in [0.2, 0.25) is 0 Å². The van der Waals surface area contributed by atoms with Crippen LogP contribution < -0.4 is 39.4 Å². The van der Waals surface area contributed by atoms with E-state index in [9.17, 15) is 9.59 Å². The van der Waals surface area contributed by atoms with Crippen molar-refractivity contribution >= 4 is 28.9 Å². The predicted molar refractivity (Wildman–Crippen MR) is 194 cm³/mol. The summed E-state index contributed by atoms with van der Waals surface area (Å²) in [6.45, 7) is 3.89. The van der Waals surface area contributed by atoms with Crippen molar-refractivity contribution in [3.63, 3.8) is 0 Å². The number of azide groups is 1. The number of rotatable bonds is 12. The quantitative estimate of drug-likeness (QED) is 0.0418. The van der Waals surface area contributed by atoms with Crippen LogP contribution in [0.1, 0.15) is 46.3 Å². The van der Waals surface area contributed by atoms with Gasteiger partial charge in [0.2, 0.25) is 6.79 Å². The molecular formula is C37H35N7O9. The van der Waals surface area contributed by atoms with Crippen LogP contribution in [0, 0.1) is 0 Å². The predicted octanol–water partition coefficient (Wildman–Crippen LogP) is 7.79. The van der Waals surface area contributed by atoms with Gasteiger partial charge in [0.1, 0.15) is 17.6 Å². The molecule has 53 heavy (non-hydrogen) atoms. The van der Waals surface area contributed by atoms with E-state index in [0.717, 1.165) is 22.5 Å². The Balaban J connectivity index is 0.00000236. The van der Waals surface area contributed by atoms with Crippen molar-refractivity contribution in [1.82, 2.24) is 10.5 Å². The molecule has 7 rings (SSSR count). The Labute approximate surface area is 303 Å². The molecule has 3 heterocycles. The molecule has 2 aliphatic heterocycles. The average Bonchev–Trinajstić information content (AvgIpc) is 3.64. The van der Waals surface area contributed by atoms with Crippen molar-refractivity contribution in [2.75, 3.05) is 45.6 Å². The van der Waals surface area contributed by atoms with E-state index in [1.165, 1.54) is 27.4 Å². The lowest BCUT2D eigenvalue weighted by molar-refractivity contribution is 0.0240. The molecule has 4 aromatic carbocycles. The third-order valence-corrected chi connectivity index (χ3v) is 8.26. The van der Waals surface area contributed by atoms with Crippen LogP contribution >= 0.6 is 0 Å². The van der Waals surface area contributed by atoms with Crippen molar-refractivity contribution in [3.05, 3.63) is 99.9 Å². The number of nitrogens with one attached hydrogen (secondary N) is 2. The van der Waals surface area contributed by atoms with Gasteiger partial charge in [-0.3, -0.25) is 9.59 Å². The maximum absolute atomic E-state index is 12.8. The van der Waals surface area contributed by atoms with E-state index in [4.69, 9.17) is 38.6 Å². The molecular weight excluding hydrogens is 686 g/mol. The minimum Gasteiger partial charge on any atom is -0.497 e. The van der Waals surface area contributed by atoms with Gasteiger partial charge in [-0.2, -0.15) is 0 Å². The fraction of sp³-hybridized carbons (Fsp3) is 0.216. The number of methoxy groups -OCH3 is 4. The van der Waals surface area contributed by atoms with Crippen LogP contribution in [0.15, 0.2) is 82.4 Å². The summed E-state index contributed by atoms with van der Waals surface area (Å²) in [7, 11) is 5.89. The van der Waals surface area contributed by atoms with E-state index in [1.54, 1.807) is 54.6 Å². The zero-order chi connectivity index (χ0) is 37.6. The fourth-order valence-corrected chi connectivity index (χ4v) is 5.69. The van der Waals surface area contributed by atoms with Gasteiger partial charge in [0.15, 0.2) is 28.8 Å². The normalized spacial score (nSPS) is 13.4. The third kappa shape index (κ3) is 7.17. The van der Waals surface area contributed by atoms with Crippen LogP contribution in [-0.2, 0) is 4.84 Å². The van der Waals surface area contributed by atoms with Crippen molar-refractivity contribution in [1.29, 1.82) is 0 Å². The third-order valence-electron chi connectivity index (χ3n) is 8.26. The lowest BCUT2D eigenvalue weighted by Gasteiger charge is -2.28. The SMILES string of the molecule is CC.COc1ccc2c(c1)C(=O)NC(c1ccc(OCON3c4ccc(-c5cc(-c6cc(OC)c(OC)c(C(=O)N=[N+]=[N-])c6)on5)cc43)c(OC)c1)N2. The molecule has 2 N–H and O–H groups in total. The standard InChI is InChI=1S/C35H29N7O9.C2H6/c1-45-21-7-8-24-22(15-21)34(43)38-33(37-24)19-6-10-28(30(13-19)46-2)49-17-50-42-26-9-5-18(12-27(26)42)25-16-29(51-40-25)20-11-23(35(44)39-41-36)32(48-4)31(14-20)47-3;1-2/h5-16,33,37H,17H2,1-4H3,(H,38,43);1-2H3. The molecule has 0 aliphatic carbocycles. The number of nitrogens with zero attached hydrogens (tertiary/aromatic N) is 5. The Morgan fingerprint density at radius 3 is 2.42 bits per heavy atom. The number of ether oxygens (including phenoxy) is 5. The number of carbonyl (C=O) groups excluding carboxylic acids is 2. The van der Waals surface area contributed by atoms with Gasteiger partial charge in [0.25, 0.3) is 11.8 Å². The molecule has 272 valence electrons. The molecule has 1 aromatic heterocycles. The highest BCUT2D eigenvalue weighted by atomic mass is 16.8. The molecule has 2 aliphatic rings. The molecule has 0 radical (unpaired) electrons. The number of hydrogen-bond acceptors (Lipinski definition) is 12. The Morgan fingerprint density at radius 1 is 0.868 bits per heavy atom. The van der Waals surface area contributed by atoms with Crippen molar-refractivity contribution in [2.24, 2.45) is 5.11 Å². The van der Waals surface area contributed by atoms with Gasteiger partial charge in [0, 0.05) is 27.8 Å². The molecule has 0 fully saturated rings. The second-order valence-electron chi connectivity index (χ2n) is 11.1. The van der Waals surface area contributed by atoms with E-state index in [0.29, 0.717) is 45.5 Å². The molecule has 2 amide bonds. The highest BCUT2D eigenvalue weighted by Gasteiger charge is 2.32. The Hall–Kier alpha value is -6.90. The van der Waals surface area contributed by atoms with E-state index < -0.39 is 12.1 Å². The maximum Gasteiger partial charge on any atom is 0.255 e. The van der Waals surface area contributed by atoms with Crippen molar-refractivity contribution < 1.29 is 42.6 Å². The second kappa shape index (κ2) is 15.6. The maximum atomic E-state index is 12.8. The number of benzene rings is 4. The number of carbonyl (C=O) groups is 2. The van der Waals surface area contributed by atoms with Gasteiger partial charge in [-0.05, 0) is 70.8 Å². The van der Waals surface area contributed by atoms with E-state index in [-0.39, 0.29) is 29.8 Å². The molecule has 5 aromatic rings. The van der Waals surface area contributed by atoms with Gasteiger partial charge < -0.3 is 38.8 Å². The molecule has 1 unspecified atom stereocenters. The summed E-state index contributed by atoms with van der Waals surface area (Å²) in [5, 5.41) is 15.3. The molecule has 0 bridgehead atoms. The van der Waals surface area contributed by atoms with Crippen LogP contribution in [0.5, 0.6) is 28.7 Å². The monoisotopic (exact) mass is 721 g/mol. The number of amides is 2. The molecule has 16 nitrogen and oxygen atoms in total. The summed E-state index contributed by atoms with van der Waals surface area (Å²) in [5.41, 5.74) is 14.1. The smallest absolute Gasteiger partial charge is 0.255 e. The van der Waals surface area contributed by atoms with Crippen molar-refractivity contribution in [3.8, 4) is 51.3 Å². The average molecular weight is 722 g/mol. The lowest BCUT2D eigenvalue weighted by atomic mass is 10.0. The Morgan fingerprint density at radius 2 is 1.68 bits per heavy atom. The Bertz CT molecular complexity index is 2230. The second-order valence-corrected chi connectivity index (χ2v) is 11.1. The summed E-state index contributed by atoms with van der Waals surface area (Å²) in [6, 6.07) is 21.1. The molecule has 0 saturated carbocycles. The van der Waals surface area contributed by atoms with Gasteiger partial charge >= 0.3 is 0 Å². The first-order chi connectivity index (χ1) is 25.8. The lowest BCUT2D eigenvalue weighted by Crippen LogP contribution is -2.38. The van der Waals surface area contributed by atoms with E-state index >= 15 is 0 Å². The summed E-state index contributed by atoms with van der Waals surface area (Å²) in [6.07, 6.45) is -0.482. The van der Waals surface area contributed by atoms with E-state index in [2.05, 4.69) is 25.8 Å². The first-order valence-corrected chi connectivity index (χ1v) is 16.3. The van der Waals surface area contributed by atoms with Crippen LogP contribution in [-0.4, -0.2) is 52.2 Å². The topological polar surface area (TPSA) is 191 Å². The molecule has 1 atom stereocenters.